The lowest BCUT2D eigenvalue weighted by atomic mass is 9.97. The van der Waals surface area contributed by atoms with E-state index in [1.165, 1.54) is 12.1 Å². The van der Waals surface area contributed by atoms with Crippen molar-refractivity contribution in [2.45, 2.75) is 45.7 Å². The molecule has 0 aliphatic heterocycles. The van der Waals surface area contributed by atoms with Crippen LogP contribution in [-0.2, 0) is 4.79 Å². The lowest BCUT2D eigenvalue weighted by molar-refractivity contribution is -0.124. The summed E-state index contributed by atoms with van der Waals surface area (Å²) in [6.07, 6.45) is 1.29. The molecule has 3 unspecified atom stereocenters. The van der Waals surface area contributed by atoms with Gasteiger partial charge in [0, 0.05) is 11.6 Å². The minimum Gasteiger partial charge on any atom is -0.348 e. The number of rotatable bonds is 6. The van der Waals surface area contributed by atoms with Crippen molar-refractivity contribution in [3.05, 3.63) is 35.4 Å². The van der Waals surface area contributed by atoms with Crippen molar-refractivity contribution in [2.24, 2.45) is 11.7 Å². The summed E-state index contributed by atoms with van der Waals surface area (Å²) in [7, 11) is 0. The normalized spacial score (nSPS) is 14.8. The quantitative estimate of drug-likeness (QED) is 0.844. The average molecular weight is 321 g/mol. The Labute approximate surface area is 130 Å². The molecule has 6 heteroatoms. The molecular weight excluding hydrogens is 298 g/mol. The topological polar surface area (TPSA) is 55.1 Å². The van der Waals surface area contributed by atoms with Crippen molar-refractivity contribution in [2.75, 3.05) is 0 Å². The van der Waals surface area contributed by atoms with E-state index < -0.39 is 23.7 Å². The van der Waals surface area contributed by atoms with Crippen LogP contribution in [0.25, 0.3) is 0 Å². The zero-order valence-electron chi connectivity index (χ0n) is 12.5. The largest absolute Gasteiger partial charge is 0.348 e. The zero-order valence-corrected chi connectivity index (χ0v) is 13.3. The summed E-state index contributed by atoms with van der Waals surface area (Å²) in [5, 5.41) is 2.73. The number of benzene rings is 1. The summed E-state index contributed by atoms with van der Waals surface area (Å²) in [5.41, 5.74) is 6.13. The smallest absolute Gasteiger partial charge is 0.237 e. The summed E-state index contributed by atoms with van der Waals surface area (Å²) in [6, 6.07) is 2.23. The number of hydrogen-bond donors (Lipinski definition) is 2. The second-order valence-corrected chi connectivity index (χ2v) is 5.05. The van der Waals surface area contributed by atoms with Crippen LogP contribution in [0.2, 0.25) is 0 Å². The molecule has 3 N–H and O–H groups in total. The summed E-state index contributed by atoms with van der Waals surface area (Å²) < 4.78 is 26.7. The molecule has 0 aromatic heterocycles. The molecule has 21 heavy (non-hydrogen) atoms. The first-order chi connectivity index (χ1) is 9.40. The maximum Gasteiger partial charge on any atom is 0.237 e. The van der Waals surface area contributed by atoms with Gasteiger partial charge < -0.3 is 11.1 Å². The van der Waals surface area contributed by atoms with Gasteiger partial charge in [-0.1, -0.05) is 33.3 Å². The second-order valence-electron chi connectivity index (χ2n) is 5.05. The van der Waals surface area contributed by atoms with E-state index in [1.807, 2.05) is 20.8 Å². The molecule has 0 fully saturated rings. The minimum atomic E-state index is -0.658. The minimum absolute atomic E-state index is 0. The van der Waals surface area contributed by atoms with Gasteiger partial charge in [-0.2, -0.15) is 0 Å². The van der Waals surface area contributed by atoms with Gasteiger partial charge in [0.15, 0.2) is 0 Å². The Hall–Kier alpha value is -1.20. The highest BCUT2D eigenvalue weighted by atomic mass is 35.5. The molecule has 0 saturated heterocycles. The predicted octanol–water partition coefficient (Wildman–Crippen LogP) is 3.33. The molecule has 0 aliphatic carbocycles. The summed E-state index contributed by atoms with van der Waals surface area (Å²) in [6.45, 7) is 5.67. The van der Waals surface area contributed by atoms with Gasteiger partial charge in [-0.15, -0.1) is 12.4 Å². The molecule has 1 rings (SSSR count). The summed E-state index contributed by atoms with van der Waals surface area (Å²) >= 11 is 0. The summed E-state index contributed by atoms with van der Waals surface area (Å²) in [5.74, 6) is -1.56. The van der Waals surface area contributed by atoms with Crippen LogP contribution in [0.4, 0.5) is 8.78 Å². The molecule has 0 aliphatic rings. The van der Waals surface area contributed by atoms with E-state index in [0.29, 0.717) is 6.42 Å². The molecule has 3 nitrogen and oxygen atoms in total. The van der Waals surface area contributed by atoms with E-state index in [4.69, 9.17) is 5.73 Å². The fourth-order valence-electron chi connectivity index (χ4n) is 1.96. The first-order valence-corrected chi connectivity index (χ1v) is 6.91. The SMILES string of the molecule is CCC(NC(=O)C(N)C(C)CC)c1ccc(F)cc1F.Cl. The molecule has 0 heterocycles. The molecule has 0 spiro atoms. The molecule has 3 atom stereocenters. The van der Waals surface area contributed by atoms with E-state index in [1.54, 1.807) is 0 Å². The fraction of sp³-hybridized carbons (Fsp3) is 0.533. The van der Waals surface area contributed by atoms with Crippen LogP contribution in [0.1, 0.15) is 45.2 Å². The molecule has 1 aromatic rings. The van der Waals surface area contributed by atoms with Gasteiger partial charge in [-0.05, 0) is 18.4 Å². The van der Waals surface area contributed by atoms with E-state index in [0.717, 1.165) is 12.5 Å². The van der Waals surface area contributed by atoms with Crippen LogP contribution in [-0.4, -0.2) is 11.9 Å². The van der Waals surface area contributed by atoms with E-state index in [9.17, 15) is 13.6 Å². The van der Waals surface area contributed by atoms with E-state index >= 15 is 0 Å². The second kappa shape index (κ2) is 8.95. The van der Waals surface area contributed by atoms with Gasteiger partial charge in [0.25, 0.3) is 0 Å². The third-order valence-electron chi connectivity index (χ3n) is 3.62. The third-order valence-corrected chi connectivity index (χ3v) is 3.62. The Balaban J connectivity index is 0.00000400. The number of carbonyl (C=O) groups excluding carboxylic acids is 1. The maximum atomic E-state index is 13.7. The first-order valence-electron chi connectivity index (χ1n) is 6.91. The first kappa shape index (κ1) is 19.8. The Morgan fingerprint density at radius 1 is 1.29 bits per heavy atom. The number of hydrogen-bond acceptors (Lipinski definition) is 2. The summed E-state index contributed by atoms with van der Waals surface area (Å²) in [4.78, 5) is 12.0. The predicted molar refractivity (Wildman–Crippen MR) is 82.2 cm³/mol. The molecule has 1 aromatic carbocycles. The van der Waals surface area contributed by atoms with E-state index in [-0.39, 0.29) is 29.8 Å². The van der Waals surface area contributed by atoms with Crippen LogP contribution >= 0.6 is 12.4 Å². The Morgan fingerprint density at radius 3 is 2.38 bits per heavy atom. The van der Waals surface area contributed by atoms with Gasteiger partial charge in [0.05, 0.1) is 12.1 Å². The highest BCUT2D eigenvalue weighted by Crippen LogP contribution is 2.21. The van der Waals surface area contributed by atoms with Crippen LogP contribution in [0.5, 0.6) is 0 Å². The van der Waals surface area contributed by atoms with Crippen molar-refractivity contribution >= 4 is 18.3 Å². The Bertz CT molecular complexity index is 471. The monoisotopic (exact) mass is 320 g/mol. The number of nitrogens with one attached hydrogen (secondary N) is 1. The lowest BCUT2D eigenvalue weighted by Gasteiger charge is -2.23. The third kappa shape index (κ3) is 5.25. The lowest BCUT2D eigenvalue weighted by Crippen LogP contribution is -2.45. The van der Waals surface area contributed by atoms with Crippen molar-refractivity contribution in [1.29, 1.82) is 0 Å². The average Bonchev–Trinajstić information content (AvgIpc) is 2.43. The zero-order chi connectivity index (χ0) is 15.3. The maximum absolute atomic E-state index is 13.7. The van der Waals surface area contributed by atoms with Gasteiger partial charge >= 0.3 is 0 Å². The number of nitrogens with two attached hydrogens (primary N) is 1. The van der Waals surface area contributed by atoms with Crippen molar-refractivity contribution < 1.29 is 13.6 Å². The fourth-order valence-corrected chi connectivity index (χ4v) is 1.96. The Kier molecular flexibility index (Phi) is 8.44. The number of halogens is 3. The van der Waals surface area contributed by atoms with Crippen LogP contribution in [0.15, 0.2) is 18.2 Å². The van der Waals surface area contributed by atoms with Gasteiger partial charge in [0.1, 0.15) is 11.6 Å². The van der Waals surface area contributed by atoms with Crippen LogP contribution in [0.3, 0.4) is 0 Å². The van der Waals surface area contributed by atoms with Gasteiger partial charge in [0.2, 0.25) is 5.91 Å². The molecule has 0 radical (unpaired) electrons. The van der Waals surface area contributed by atoms with Crippen molar-refractivity contribution in [3.8, 4) is 0 Å². The highest BCUT2D eigenvalue weighted by molar-refractivity contribution is 5.85. The number of carbonyl (C=O) groups is 1. The van der Waals surface area contributed by atoms with Gasteiger partial charge in [-0.25, -0.2) is 8.78 Å². The standard InChI is InChI=1S/C15H22F2N2O.ClH/c1-4-9(3)14(18)15(20)19-13(5-2)11-7-6-10(16)8-12(11)17;/h6-9,13-14H,4-5,18H2,1-3H3,(H,19,20);1H. The molecular formula is C15H23ClF2N2O. The van der Waals surface area contributed by atoms with E-state index in [2.05, 4.69) is 5.32 Å². The molecule has 0 bridgehead atoms. The molecule has 1 amide bonds. The van der Waals surface area contributed by atoms with Crippen LogP contribution in [0, 0.1) is 17.6 Å². The van der Waals surface area contributed by atoms with Gasteiger partial charge in [-0.3, -0.25) is 4.79 Å². The molecule has 120 valence electrons. The highest BCUT2D eigenvalue weighted by Gasteiger charge is 2.23. The van der Waals surface area contributed by atoms with Crippen LogP contribution < -0.4 is 11.1 Å². The molecule has 0 saturated carbocycles. The van der Waals surface area contributed by atoms with Crippen molar-refractivity contribution in [1.82, 2.24) is 5.32 Å². The van der Waals surface area contributed by atoms with Crippen molar-refractivity contribution in [3.63, 3.8) is 0 Å². The number of amides is 1. The Morgan fingerprint density at radius 2 is 1.90 bits per heavy atom.